The van der Waals surface area contributed by atoms with Gasteiger partial charge in [-0.2, -0.15) is 10.1 Å². The Morgan fingerprint density at radius 1 is 1.17 bits per heavy atom. The average molecular weight is 336 g/mol. The zero-order valence-electron chi connectivity index (χ0n) is 13.6. The number of hydrogen-bond donors (Lipinski definition) is 0. The normalized spacial score (nSPS) is 12.4. The lowest BCUT2D eigenvalue weighted by Gasteiger charge is -2.01. The number of aryl methyl sites for hydroxylation is 3. The Morgan fingerprint density at radius 2 is 1.96 bits per heavy atom. The van der Waals surface area contributed by atoms with Gasteiger partial charge in [-0.1, -0.05) is 41.7 Å². The fraction of sp³-hybridized carbons (Fsp3) is 0.167. The summed E-state index contributed by atoms with van der Waals surface area (Å²) in [5.41, 5.74) is 2.40. The molecule has 2 aromatic heterocycles. The molecule has 0 fully saturated rings. The molecule has 0 unspecified atom stereocenters. The van der Waals surface area contributed by atoms with E-state index in [0.29, 0.717) is 10.5 Å². The van der Waals surface area contributed by atoms with Gasteiger partial charge >= 0.3 is 0 Å². The van der Waals surface area contributed by atoms with E-state index < -0.39 is 0 Å². The molecule has 2 heterocycles. The fourth-order valence-corrected chi connectivity index (χ4v) is 3.87. The van der Waals surface area contributed by atoms with Crippen molar-refractivity contribution in [3.8, 4) is 0 Å². The van der Waals surface area contributed by atoms with Gasteiger partial charge in [0.05, 0.1) is 10.2 Å². The van der Waals surface area contributed by atoms with Crippen molar-refractivity contribution in [2.75, 3.05) is 0 Å². The number of aromatic nitrogens is 3. The topological polar surface area (TPSA) is 52.2 Å². The van der Waals surface area contributed by atoms with Crippen molar-refractivity contribution in [3.63, 3.8) is 0 Å². The standard InChI is InChI=1S/C18H16N4OS/c1-11-10-14(20-22(11)3)17(23)19-18-21(2)16-13-7-5-4-6-12(13)8-9-15(16)24-18/h4-10H,1-3H3. The number of nitrogens with zero attached hydrogens (tertiary/aromatic N) is 4. The van der Waals surface area contributed by atoms with Crippen LogP contribution in [0, 0.1) is 6.92 Å². The van der Waals surface area contributed by atoms with E-state index in [4.69, 9.17) is 0 Å². The second-order valence-corrected chi connectivity index (χ2v) is 6.80. The van der Waals surface area contributed by atoms with Crippen molar-refractivity contribution in [2.24, 2.45) is 19.1 Å². The summed E-state index contributed by atoms with van der Waals surface area (Å²) in [6.07, 6.45) is 0. The van der Waals surface area contributed by atoms with E-state index in [9.17, 15) is 4.79 Å². The molecule has 0 aliphatic carbocycles. The van der Waals surface area contributed by atoms with E-state index >= 15 is 0 Å². The van der Waals surface area contributed by atoms with Gasteiger partial charge in [0.1, 0.15) is 0 Å². The molecular formula is C18H16N4OS. The monoisotopic (exact) mass is 336 g/mol. The first-order chi connectivity index (χ1) is 11.5. The number of amides is 1. The third-order valence-corrected chi connectivity index (χ3v) is 5.31. The summed E-state index contributed by atoms with van der Waals surface area (Å²) in [7, 11) is 3.76. The molecule has 1 amide bonds. The zero-order chi connectivity index (χ0) is 16.8. The Hall–Kier alpha value is -2.73. The highest BCUT2D eigenvalue weighted by Gasteiger charge is 2.12. The molecule has 4 rings (SSSR count). The molecule has 2 aromatic carbocycles. The minimum absolute atomic E-state index is 0.315. The molecule has 0 radical (unpaired) electrons. The molecule has 0 saturated carbocycles. The largest absolute Gasteiger partial charge is 0.319 e. The minimum atomic E-state index is -0.315. The van der Waals surface area contributed by atoms with E-state index in [1.165, 1.54) is 16.7 Å². The van der Waals surface area contributed by atoms with Gasteiger partial charge in [-0.15, -0.1) is 0 Å². The van der Waals surface area contributed by atoms with Crippen LogP contribution in [0.4, 0.5) is 0 Å². The van der Waals surface area contributed by atoms with Gasteiger partial charge in [0.15, 0.2) is 10.5 Å². The van der Waals surface area contributed by atoms with Crippen LogP contribution in [0.3, 0.4) is 0 Å². The van der Waals surface area contributed by atoms with E-state index in [2.05, 4.69) is 34.4 Å². The Morgan fingerprint density at radius 3 is 2.71 bits per heavy atom. The first kappa shape index (κ1) is 14.8. The summed E-state index contributed by atoms with van der Waals surface area (Å²) in [5, 5.41) is 6.55. The first-order valence-electron chi connectivity index (χ1n) is 7.61. The van der Waals surface area contributed by atoms with Gasteiger partial charge in [-0.05, 0) is 24.4 Å². The molecule has 0 aliphatic heterocycles. The maximum atomic E-state index is 12.4. The van der Waals surface area contributed by atoms with Crippen LogP contribution in [0.1, 0.15) is 16.2 Å². The fourth-order valence-electron chi connectivity index (χ4n) is 2.83. The number of carbonyl (C=O) groups excluding carboxylic acids is 1. The summed E-state index contributed by atoms with van der Waals surface area (Å²) in [5.74, 6) is -0.315. The van der Waals surface area contributed by atoms with Crippen LogP contribution < -0.4 is 4.80 Å². The van der Waals surface area contributed by atoms with E-state index in [0.717, 1.165) is 21.3 Å². The van der Waals surface area contributed by atoms with Crippen molar-refractivity contribution in [2.45, 2.75) is 6.92 Å². The van der Waals surface area contributed by atoms with Crippen LogP contribution in [0.15, 0.2) is 47.5 Å². The van der Waals surface area contributed by atoms with Crippen molar-refractivity contribution in [1.29, 1.82) is 0 Å². The highest BCUT2D eigenvalue weighted by Crippen LogP contribution is 2.26. The number of benzene rings is 2. The summed E-state index contributed by atoms with van der Waals surface area (Å²) in [6, 6.07) is 14.2. The second kappa shape index (κ2) is 5.42. The van der Waals surface area contributed by atoms with Gasteiger partial charge in [0, 0.05) is 25.2 Å². The summed E-state index contributed by atoms with van der Waals surface area (Å²) >= 11 is 1.51. The lowest BCUT2D eigenvalue weighted by atomic mass is 10.1. The molecule has 0 spiro atoms. The number of thiazole rings is 1. The molecule has 120 valence electrons. The highest BCUT2D eigenvalue weighted by molar-refractivity contribution is 7.16. The van der Waals surface area contributed by atoms with E-state index in [1.807, 2.05) is 37.7 Å². The summed E-state index contributed by atoms with van der Waals surface area (Å²) < 4.78 is 4.77. The molecule has 0 saturated heterocycles. The molecule has 0 bridgehead atoms. The van der Waals surface area contributed by atoms with Crippen molar-refractivity contribution < 1.29 is 4.79 Å². The SMILES string of the molecule is Cc1cc(C(=O)N=c2sc3ccc4ccccc4c3n2C)nn1C. The lowest BCUT2D eigenvalue weighted by molar-refractivity contribution is 0.0992. The van der Waals surface area contributed by atoms with Gasteiger partial charge in [0.2, 0.25) is 0 Å². The summed E-state index contributed by atoms with van der Waals surface area (Å²) in [6.45, 7) is 1.91. The van der Waals surface area contributed by atoms with Gasteiger partial charge in [-0.25, -0.2) is 0 Å². The minimum Gasteiger partial charge on any atom is -0.319 e. The third-order valence-electron chi connectivity index (χ3n) is 4.22. The summed E-state index contributed by atoms with van der Waals surface area (Å²) in [4.78, 5) is 17.4. The Balaban J connectivity index is 1.92. The maximum Gasteiger partial charge on any atom is 0.300 e. The number of hydrogen-bond acceptors (Lipinski definition) is 3. The van der Waals surface area contributed by atoms with E-state index in [-0.39, 0.29) is 5.91 Å². The van der Waals surface area contributed by atoms with Crippen molar-refractivity contribution in [1.82, 2.24) is 14.3 Å². The molecular weight excluding hydrogens is 320 g/mol. The Labute approximate surface area is 142 Å². The number of rotatable bonds is 1. The smallest absolute Gasteiger partial charge is 0.300 e. The van der Waals surface area contributed by atoms with Crippen LogP contribution in [0.5, 0.6) is 0 Å². The van der Waals surface area contributed by atoms with Crippen LogP contribution in [-0.4, -0.2) is 20.3 Å². The molecule has 5 nitrogen and oxygen atoms in total. The van der Waals surface area contributed by atoms with Crippen LogP contribution in [-0.2, 0) is 14.1 Å². The van der Waals surface area contributed by atoms with Gasteiger partial charge in [0.25, 0.3) is 5.91 Å². The Kier molecular flexibility index (Phi) is 3.35. The van der Waals surface area contributed by atoms with Crippen LogP contribution in [0.25, 0.3) is 21.0 Å². The quantitative estimate of drug-likeness (QED) is 0.536. The third kappa shape index (κ3) is 2.27. The number of fused-ring (bicyclic) bond motifs is 3. The van der Waals surface area contributed by atoms with Crippen LogP contribution >= 0.6 is 11.3 Å². The van der Waals surface area contributed by atoms with E-state index in [1.54, 1.807) is 10.7 Å². The highest BCUT2D eigenvalue weighted by atomic mass is 32.1. The molecule has 24 heavy (non-hydrogen) atoms. The molecule has 0 aliphatic rings. The maximum absolute atomic E-state index is 12.4. The van der Waals surface area contributed by atoms with Crippen LogP contribution in [0.2, 0.25) is 0 Å². The molecule has 6 heteroatoms. The zero-order valence-corrected chi connectivity index (χ0v) is 14.5. The average Bonchev–Trinajstić information content (AvgIpc) is 3.08. The predicted octanol–water partition coefficient (Wildman–Crippen LogP) is 3.18. The van der Waals surface area contributed by atoms with Crippen molar-refractivity contribution in [3.05, 3.63) is 58.7 Å². The first-order valence-corrected chi connectivity index (χ1v) is 8.43. The molecule has 0 atom stereocenters. The van der Waals surface area contributed by atoms with Gasteiger partial charge < -0.3 is 4.57 Å². The molecule has 0 N–H and O–H groups in total. The lowest BCUT2D eigenvalue weighted by Crippen LogP contribution is -2.13. The Bertz CT molecular complexity index is 1140. The molecule has 4 aromatic rings. The van der Waals surface area contributed by atoms with Gasteiger partial charge in [-0.3, -0.25) is 9.48 Å². The second-order valence-electron chi connectivity index (χ2n) is 5.79. The van der Waals surface area contributed by atoms with Crippen molar-refractivity contribution >= 4 is 38.2 Å². The predicted molar refractivity (Wildman–Crippen MR) is 96.1 cm³/mol. The number of carbonyl (C=O) groups is 1.